The summed E-state index contributed by atoms with van der Waals surface area (Å²) >= 11 is 1.60. The highest BCUT2D eigenvalue weighted by Crippen LogP contribution is 2.45. The summed E-state index contributed by atoms with van der Waals surface area (Å²) in [6.07, 6.45) is 1.19. The predicted molar refractivity (Wildman–Crippen MR) is 160 cm³/mol. The highest BCUT2D eigenvalue weighted by molar-refractivity contribution is 7.14. The first kappa shape index (κ1) is 28.2. The van der Waals surface area contributed by atoms with Crippen molar-refractivity contribution in [3.05, 3.63) is 52.0 Å². The molecule has 0 aliphatic carbocycles. The minimum atomic E-state index is -0.548. The summed E-state index contributed by atoms with van der Waals surface area (Å²) < 4.78 is 26.7. The number of carbonyl (C=O) groups is 1. The fourth-order valence-electron chi connectivity index (χ4n) is 6.42. The number of thiazole rings is 1. The maximum atomic E-state index is 15.8. The molecule has 1 amide bonds. The van der Waals surface area contributed by atoms with Crippen molar-refractivity contribution in [1.82, 2.24) is 14.9 Å². The van der Waals surface area contributed by atoms with Gasteiger partial charge >= 0.3 is 6.09 Å². The van der Waals surface area contributed by atoms with Gasteiger partial charge in [-0.15, -0.1) is 11.3 Å². The van der Waals surface area contributed by atoms with Gasteiger partial charge in [-0.3, -0.25) is 0 Å². The van der Waals surface area contributed by atoms with E-state index in [2.05, 4.69) is 20.9 Å². The van der Waals surface area contributed by atoms with Crippen LogP contribution in [-0.4, -0.2) is 66.4 Å². The molecule has 3 aromatic rings. The molecule has 2 saturated heterocycles. The lowest BCUT2D eigenvalue weighted by atomic mass is 9.79. The summed E-state index contributed by atoms with van der Waals surface area (Å²) in [7, 11) is 1.44. The van der Waals surface area contributed by atoms with Gasteiger partial charge in [-0.1, -0.05) is 12.1 Å². The fourth-order valence-corrected chi connectivity index (χ4v) is 7.26. The summed E-state index contributed by atoms with van der Waals surface area (Å²) in [5.74, 6) is 0.225. The fraction of sp³-hybridized carbons (Fsp3) is 0.484. The zero-order valence-electron chi connectivity index (χ0n) is 24.7. The molecule has 2 aromatic heterocycles. The first-order valence-electron chi connectivity index (χ1n) is 14.2. The summed E-state index contributed by atoms with van der Waals surface area (Å²) in [6, 6.07) is 7.46. The number of rotatable bonds is 4. The topological polar surface area (TPSA) is 94.8 Å². The monoisotopic (exact) mass is 590 g/mol. The van der Waals surface area contributed by atoms with Crippen molar-refractivity contribution in [2.45, 2.75) is 52.7 Å². The molecule has 42 heavy (non-hydrogen) atoms. The number of halogens is 1. The van der Waals surface area contributed by atoms with E-state index >= 15 is 4.39 Å². The molecular weight excluding hydrogens is 555 g/mol. The number of ether oxygens (including phenoxy) is 2. The minimum Gasteiger partial charge on any atom is -0.494 e. The molecule has 1 spiro atoms. The Bertz CT molecular complexity index is 1590. The van der Waals surface area contributed by atoms with E-state index in [4.69, 9.17) is 14.5 Å². The molecule has 6 rings (SSSR count). The number of methoxy groups -OCH3 is 1. The van der Waals surface area contributed by atoms with Crippen molar-refractivity contribution in [3.63, 3.8) is 0 Å². The summed E-state index contributed by atoms with van der Waals surface area (Å²) in [4.78, 5) is 28.3. The van der Waals surface area contributed by atoms with Gasteiger partial charge in [0.05, 0.1) is 30.6 Å². The Labute approximate surface area is 249 Å². The highest BCUT2D eigenvalue weighted by atomic mass is 32.1. The van der Waals surface area contributed by atoms with Crippen LogP contribution in [0.5, 0.6) is 5.75 Å². The number of nitriles is 1. The number of likely N-dealkylation sites (tertiary alicyclic amines) is 1. The summed E-state index contributed by atoms with van der Waals surface area (Å²) in [5, 5.41) is 11.6. The van der Waals surface area contributed by atoms with Gasteiger partial charge in [-0.2, -0.15) is 5.26 Å². The van der Waals surface area contributed by atoms with E-state index in [0.29, 0.717) is 68.2 Å². The second-order valence-electron chi connectivity index (χ2n) is 12.5. The number of aryl methyl sites for hydroxylation is 1. The van der Waals surface area contributed by atoms with Gasteiger partial charge < -0.3 is 24.2 Å². The normalized spacial score (nSPS) is 17.6. The summed E-state index contributed by atoms with van der Waals surface area (Å²) in [6.45, 7) is 11.4. The van der Waals surface area contributed by atoms with Crippen LogP contribution in [0, 0.1) is 29.5 Å². The van der Waals surface area contributed by atoms with E-state index in [-0.39, 0.29) is 17.3 Å². The van der Waals surface area contributed by atoms with Gasteiger partial charge in [0.15, 0.2) is 11.6 Å². The first-order chi connectivity index (χ1) is 20.0. The van der Waals surface area contributed by atoms with E-state index in [9.17, 15) is 10.1 Å². The molecular formula is C31H35FN6O3S. The number of carbonyl (C=O) groups excluding carboxylic acids is 1. The molecule has 9 nitrogen and oxygen atoms in total. The Hall–Kier alpha value is -3.91. The quantitative estimate of drug-likeness (QED) is 0.391. The number of benzene rings is 1. The largest absolute Gasteiger partial charge is 0.494 e. The van der Waals surface area contributed by atoms with Crippen molar-refractivity contribution in [2.24, 2.45) is 5.41 Å². The predicted octanol–water partition coefficient (Wildman–Crippen LogP) is 5.54. The van der Waals surface area contributed by atoms with Crippen molar-refractivity contribution in [1.29, 1.82) is 5.26 Å². The molecule has 0 radical (unpaired) electrons. The molecule has 0 N–H and O–H groups in total. The number of pyridine rings is 1. The maximum absolute atomic E-state index is 15.8. The second kappa shape index (κ2) is 10.4. The minimum absolute atomic E-state index is 0.0889. The molecule has 3 aliphatic rings. The number of nitrogens with zero attached hydrogens (tertiary/aromatic N) is 6. The van der Waals surface area contributed by atoms with Crippen LogP contribution in [0.1, 0.15) is 49.7 Å². The molecule has 2 fully saturated rings. The number of fused-ring (bicyclic) bond motifs is 1. The van der Waals surface area contributed by atoms with Crippen molar-refractivity contribution in [3.8, 4) is 22.9 Å². The first-order valence-corrected chi connectivity index (χ1v) is 15.1. The molecule has 1 aromatic carbocycles. The SMILES string of the molecule is COc1cccc(-c2c(C#N)c(N3CCC4(CN(C(=O)OC(C)(C)C)C4)C3)nc3c2CCN(c2scnc2C)C3)c1F. The van der Waals surface area contributed by atoms with Crippen LogP contribution < -0.4 is 14.5 Å². The third kappa shape index (κ3) is 4.91. The molecule has 0 saturated carbocycles. The average molecular weight is 591 g/mol. The van der Waals surface area contributed by atoms with E-state index in [1.54, 1.807) is 34.4 Å². The van der Waals surface area contributed by atoms with Crippen molar-refractivity contribution >= 4 is 28.2 Å². The van der Waals surface area contributed by atoms with E-state index in [1.165, 1.54) is 7.11 Å². The average Bonchev–Trinajstić information content (AvgIpc) is 3.57. The van der Waals surface area contributed by atoms with Crippen LogP contribution in [0.4, 0.5) is 20.0 Å². The summed E-state index contributed by atoms with van der Waals surface area (Å²) in [5.41, 5.74) is 5.24. The van der Waals surface area contributed by atoms with Crippen LogP contribution in [-0.2, 0) is 17.7 Å². The van der Waals surface area contributed by atoms with Gasteiger partial charge in [0.2, 0.25) is 0 Å². The number of hydrogen-bond acceptors (Lipinski definition) is 9. The zero-order chi connectivity index (χ0) is 29.8. The van der Waals surface area contributed by atoms with Crippen molar-refractivity contribution in [2.75, 3.05) is 49.6 Å². The lowest BCUT2D eigenvalue weighted by molar-refractivity contribution is -0.0266. The third-order valence-electron chi connectivity index (χ3n) is 8.35. The lowest BCUT2D eigenvalue weighted by Crippen LogP contribution is -2.60. The number of anilines is 2. The molecule has 0 atom stereocenters. The number of hydrogen-bond donors (Lipinski definition) is 0. The maximum Gasteiger partial charge on any atom is 0.410 e. The Kier molecular flexibility index (Phi) is 7.00. The third-order valence-corrected chi connectivity index (χ3v) is 9.34. The highest BCUT2D eigenvalue weighted by Gasteiger charge is 2.51. The van der Waals surface area contributed by atoms with Gasteiger partial charge in [-0.05, 0) is 52.2 Å². The number of amides is 1. The molecule has 220 valence electrons. The molecule has 0 unspecified atom stereocenters. The lowest BCUT2D eigenvalue weighted by Gasteiger charge is -2.47. The van der Waals surface area contributed by atoms with E-state index in [1.807, 2.05) is 33.2 Å². The van der Waals surface area contributed by atoms with Gasteiger partial charge in [-0.25, -0.2) is 19.2 Å². The van der Waals surface area contributed by atoms with E-state index in [0.717, 1.165) is 28.4 Å². The molecule has 0 bridgehead atoms. The van der Waals surface area contributed by atoms with Crippen LogP contribution in [0.2, 0.25) is 0 Å². The van der Waals surface area contributed by atoms with Crippen LogP contribution >= 0.6 is 11.3 Å². The second-order valence-corrected chi connectivity index (χ2v) is 13.3. The molecule has 3 aliphatic heterocycles. The Morgan fingerprint density at radius 1 is 1.19 bits per heavy atom. The van der Waals surface area contributed by atoms with Gasteiger partial charge in [0.1, 0.15) is 28.1 Å². The zero-order valence-corrected chi connectivity index (χ0v) is 25.5. The smallest absolute Gasteiger partial charge is 0.410 e. The Morgan fingerprint density at radius 2 is 1.98 bits per heavy atom. The van der Waals surface area contributed by atoms with Crippen LogP contribution in [0.25, 0.3) is 11.1 Å². The Balaban J connectivity index is 1.38. The standard InChI is InChI=1S/C31H35FN6O3S/c1-19-28(42-18-34-19)36-11-9-20-23(14-36)35-27(22(13-33)25(20)21-7-6-8-24(40-5)26(21)32)37-12-10-31(15-37)16-38(17-31)29(39)41-30(2,3)4/h6-8,18H,9-12,14-17H2,1-5H3. The van der Waals surface area contributed by atoms with Crippen LogP contribution in [0.15, 0.2) is 23.7 Å². The van der Waals surface area contributed by atoms with Gasteiger partial charge in [0.25, 0.3) is 0 Å². The molecule has 5 heterocycles. The van der Waals surface area contributed by atoms with Crippen molar-refractivity contribution < 1.29 is 18.7 Å². The van der Waals surface area contributed by atoms with Gasteiger partial charge in [0, 0.05) is 49.3 Å². The number of aromatic nitrogens is 2. The van der Waals surface area contributed by atoms with Crippen LogP contribution in [0.3, 0.4) is 0 Å². The molecule has 11 heteroatoms. The van der Waals surface area contributed by atoms with E-state index < -0.39 is 11.4 Å². The Morgan fingerprint density at radius 3 is 2.64 bits per heavy atom.